The molecule has 0 bridgehead atoms. The molecule has 3 rings (SSSR count). The van der Waals surface area contributed by atoms with Crippen molar-refractivity contribution in [1.82, 2.24) is 4.90 Å². The Morgan fingerprint density at radius 3 is 2.90 bits per heavy atom. The van der Waals surface area contributed by atoms with Crippen LogP contribution in [0, 0.1) is 5.41 Å². The standard InChI is InChI=1S/C16H18N2O3/c1-16(9-17)6-7-18(10-16)14(19)12-8-11-4-2-3-5-13(11)21-15(12)20/h2-5,8H,6-7,9-10,17H2,1H3. The zero-order valence-electron chi connectivity index (χ0n) is 12.0. The molecule has 2 N–H and O–H groups in total. The lowest BCUT2D eigenvalue weighted by atomic mass is 9.90. The van der Waals surface area contributed by atoms with Gasteiger partial charge in [-0.1, -0.05) is 25.1 Å². The number of carbonyl (C=O) groups excluding carboxylic acids is 1. The largest absolute Gasteiger partial charge is 0.422 e. The molecule has 1 aromatic heterocycles. The van der Waals surface area contributed by atoms with Gasteiger partial charge in [0.1, 0.15) is 11.1 Å². The zero-order valence-corrected chi connectivity index (χ0v) is 12.0. The fourth-order valence-corrected chi connectivity index (χ4v) is 2.75. The highest BCUT2D eigenvalue weighted by Crippen LogP contribution is 2.29. The summed E-state index contributed by atoms with van der Waals surface area (Å²) >= 11 is 0. The van der Waals surface area contributed by atoms with E-state index in [0.717, 1.165) is 11.8 Å². The van der Waals surface area contributed by atoms with Gasteiger partial charge in [-0.05, 0) is 30.5 Å². The van der Waals surface area contributed by atoms with Crippen molar-refractivity contribution in [3.63, 3.8) is 0 Å². The first-order valence-corrected chi connectivity index (χ1v) is 7.05. The molecule has 110 valence electrons. The van der Waals surface area contributed by atoms with Crippen LogP contribution < -0.4 is 11.4 Å². The van der Waals surface area contributed by atoms with Crippen LogP contribution in [-0.4, -0.2) is 30.4 Å². The molecule has 0 spiro atoms. The number of para-hydroxylation sites is 1. The van der Waals surface area contributed by atoms with Gasteiger partial charge < -0.3 is 15.1 Å². The Hall–Kier alpha value is -2.14. The fraction of sp³-hybridized carbons (Fsp3) is 0.375. The van der Waals surface area contributed by atoms with Gasteiger partial charge in [0.25, 0.3) is 5.91 Å². The molecule has 1 aliphatic rings. The second kappa shape index (κ2) is 5.00. The van der Waals surface area contributed by atoms with Crippen LogP contribution in [0.1, 0.15) is 23.7 Å². The van der Waals surface area contributed by atoms with E-state index >= 15 is 0 Å². The first-order chi connectivity index (χ1) is 10.0. The predicted octanol–water partition coefficient (Wildman–Crippen LogP) is 1.60. The second-order valence-corrected chi connectivity index (χ2v) is 5.98. The Bertz CT molecular complexity index is 753. The van der Waals surface area contributed by atoms with E-state index in [2.05, 4.69) is 6.92 Å². The van der Waals surface area contributed by atoms with E-state index in [9.17, 15) is 9.59 Å². The number of nitrogens with two attached hydrogens (primary N) is 1. The lowest BCUT2D eigenvalue weighted by molar-refractivity contribution is 0.0773. The van der Waals surface area contributed by atoms with E-state index in [4.69, 9.17) is 10.2 Å². The molecule has 1 unspecified atom stereocenters. The minimum atomic E-state index is -0.583. The van der Waals surface area contributed by atoms with Gasteiger partial charge in [-0.15, -0.1) is 0 Å². The van der Waals surface area contributed by atoms with Crippen molar-refractivity contribution in [2.24, 2.45) is 11.1 Å². The third-order valence-electron chi connectivity index (χ3n) is 4.21. The second-order valence-electron chi connectivity index (χ2n) is 5.98. The summed E-state index contributed by atoms with van der Waals surface area (Å²) < 4.78 is 5.22. The van der Waals surface area contributed by atoms with Crippen molar-refractivity contribution >= 4 is 16.9 Å². The number of hydrogen-bond acceptors (Lipinski definition) is 4. The molecule has 5 nitrogen and oxygen atoms in total. The molecule has 0 radical (unpaired) electrons. The summed E-state index contributed by atoms with van der Waals surface area (Å²) in [6.45, 7) is 3.79. The third kappa shape index (κ3) is 2.45. The van der Waals surface area contributed by atoms with Crippen molar-refractivity contribution in [3.05, 3.63) is 46.3 Å². The molecule has 21 heavy (non-hydrogen) atoms. The quantitative estimate of drug-likeness (QED) is 0.851. The molecule has 5 heteroatoms. The summed E-state index contributed by atoms with van der Waals surface area (Å²) in [5.74, 6) is -0.272. The molecule has 1 aromatic carbocycles. The Morgan fingerprint density at radius 1 is 1.43 bits per heavy atom. The molecule has 1 aliphatic heterocycles. The maximum Gasteiger partial charge on any atom is 0.349 e. The summed E-state index contributed by atoms with van der Waals surface area (Å²) in [7, 11) is 0. The summed E-state index contributed by atoms with van der Waals surface area (Å²) in [6.07, 6.45) is 0.855. The van der Waals surface area contributed by atoms with Gasteiger partial charge in [0.2, 0.25) is 0 Å². The van der Waals surface area contributed by atoms with Gasteiger partial charge in [-0.2, -0.15) is 0 Å². The minimum absolute atomic E-state index is 0.0628. The van der Waals surface area contributed by atoms with Crippen molar-refractivity contribution < 1.29 is 9.21 Å². The highest BCUT2D eigenvalue weighted by Gasteiger charge is 2.36. The number of likely N-dealkylation sites (tertiary alicyclic amines) is 1. The highest BCUT2D eigenvalue weighted by molar-refractivity contribution is 5.96. The SMILES string of the molecule is CC1(CN)CCN(C(=O)c2cc3ccccc3oc2=O)C1. The van der Waals surface area contributed by atoms with E-state index in [1.54, 1.807) is 23.1 Å². The normalized spacial score (nSPS) is 21.9. The van der Waals surface area contributed by atoms with Crippen LogP contribution in [0.15, 0.2) is 39.5 Å². The molecule has 1 saturated heterocycles. The number of carbonyl (C=O) groups is 1. The van der Waals surface area contributed by atoms with Gasteiger partial charge in [-0.3, -0.25) is 4.79 Å². The Balaban J connectivity index is 1.95. The molecular weight excluding hydrogens is 268 g/mol. The molecule has 2 heterocycles. The number of hydrogen-bond donors (Lipinski definition) is 1. The van der Waals surface area contributed by atoms with Gasteiger partial charge in [-0.25, -0.2) is 4.79 Å². The Morgan fingerprint density at radius 2 is 2.19 bits per heavy atom. The maximum absolute atomic E-state index is 12.5. The van der Waals surface area contributed by atoms with Crippen LogP contribution in [0.5, 0.6) is 0 Å². The zero-order chi connectivity index (χ0) is 15.0. The number of nitrogens with zero attached hydrogens (tertiary/aromatic N) is 1. The molecule has 2 aromatic rings. The van der Waals surface area contributed by atoms with Crippen LogP contribution in [0.3, 0.4) is 0 Å². The summed E-state index contributed by atoms with van der Waals surface area (Å²) in [5, 5.41) is 0.751. The highest BCUT2D eigenvalue weighted by atomic mass is 16.4. The lowest BCUT2D eigenvalue weighted by Crippen LogP contribution is -2.36. The van der Waals surface area contributed by atoms with Crippen LogP contribution in [-0.2, 0) is 0 Å². The van der Waals surface area contributed by atoms with Crippen molar-refractivity contribution in [2.45, 2.75) is 13.3 Å². The van der Waals surface area contributed by atoms with Crippen LogP contribution in [0.2, 0.25) is 0 Å². The van der Waals surface area contributed by atoms with Gasteiger partial charge in [0.15, 0.2) is 0 Å². The molecule has 0 saturated carbocycles. The number of rotatable bonds is 2. The summed E-state index contributed by atoms with van der Waals surface area (Å²) in [5.41, 5.74) is 5.69. The van der Waals surface area contributed by atoms with Crippen LogP contribution >= 0.6 is 0 Å². The average molecular weight is 286 g/mol. The van der Waals surface area contributed by atoms with E-state index in [-0.39, 0.29) is 16.9 Å². The van der Waals surface area contributed by atoms with Crippen molar-refractivity contribution in [3.8, 4) is 0 Å². The topological polar surface area (TPSA) is 76.5 Å². The number of fused-ring (bicyclic) bond motifs is 1. The number of amides is 1. The van der Waals surface area contributed by atoms with E-state index in [0.29, 0.717) is 25.2 Å². The molecule has 1 amide bonds. The van der Waals surface area contributed by atoms with E-state index < -0.39 is 5.63 Å². The van der Waals surface area contributed by atoms with Gasteiger partial charge in [0.05, 0.1) is 0 Å². The van der Waals surface area contributed by atoms with E-state index in [1.165, 1.54) is 0 Å². The summed E-state index contributed by atoms with van der Waals surface area (Å²) in [4.78, 5) is 26.3. The molecular formula is C16H18N2O3. The number of benzene rings is 1. The van der Waals surface area contributed by atoms with E-state index in [1.807, 2.05) is 12.1 Å². The molecule has 1 atom stereocenters. The predicted molar refractivity (Wildman–Crippen MR) is 80.2 cm³/mol. The van der Waals surface area contributed by atoms with Crippen LogP contribution in [0.4, 0.5) is 0 Å². The average Bonchev–Trinajstić information content (AvgIpc) is 2.89. The van der Waals surface area contributed by atoms with Gasteiger partial charge in [0, 0.05) is 18.5 Å². The smallest absolute Gasteiger partial charge is 0.349 e. The van der Waals surface area contributed by atoms with Crippen molar-refractivity contribution in [2.75, 3.05) is 19.6 Å². The Kier molecular flexibility index (Phi) is 3.29. The van der Waals surface area contributed by atoms with Crippen LogP contribution in [0.25, 0.3) is 11.0 Å². The lowest BCUT2D eigenvalue weighted by Gasteiger charge is -2.22. The third-order valence-corrected chi connectivity index (χ3v) is 4.21. The maximum atomic E-state index is 12.5. The Labute approximate surface area is 122 Å². The monoisotopic (exact) mass is 286 g/mol. The fourth-order valence-electron chi connectivity index (χ4n) is 2.75. The van der Waals surface area contributed by atoms with Gasteiger partial charge >= 0.3 is 5.63 Å². The minimum Gasteiger partial charge on any atom is -0.422 e. The molecule has 1 fully saturated rings. The first kappa shape index (κ1) is 13.8. The molecule has 0 aliphatic carbocycles. The first-order valence-electron chi connectivity index (χ1n) is 7.05. The summed E-state index contributed by atoms with van der Waals surface area (Å²) in [6, 6.07) is 8.79. The van der Waals surface area contributed by atoms with Crippen molar-refractivity contribution in [1.29, 1.82) is 0 Å².